The van der Waals surface area contributed by atoms with E-state index < -0.39 is 0 Å². The van der Waals surface area contributed by atoms with E-state index in [2.05, 4.69) is 38.0 Å². The third-order valence-electron chi connectivity index (χ3n) is 2.60. The second kappa shape index (κ2) is 9.47. The minimum Gasteiger partial charge on any atom is -0.318 e. The first-order valence-electron chi connectivity index (χ1n) is 6.18. The normalized spacial score (nSPS) is 13.5. The van der Waals surface area contributed by atoms with Crippen molar-refractivity contribution in [1.29, 1.82) is 0 Å². The van der Waals surface area contributed by atoms with Crippen molar-refractivity contribution in [1.82, 2.24) is 10.2 Å². The van der Waals surface area contributed by atoms with E-state index in [0.717, 1.165) is 12.6 Å². The second-order valence-electron chi connectivity index (χ2n) is 4.04. The average molecular weight is 200 g/mol. The zero-order valence-electron chi connectivity index (χ0n) is 10.5. The highest BCUT2D eigenvalue weighted by Crippen LogP contribution is 2.08. The second-order valence-corrected chi connectivity index (χ2v) is 4.04. The molecule has 14 heavy (non-hydrogen) atoms. The predicted octanol–water partition coefficient (Wildman–Crippen LogP) is 2.50. The van der Waals surface area contributed by atoms with Gasteiger partial charge in [-0.1, -0.05) is 27.2 Å². The molecule has 0 saturated carbocycles. The van der Waals surface area contributed by atoms with Crippen LogP contribution in [0, 0.1) is 0 Å². The molecule has 0 aromatic rings. The molecule has 1 unspecified atom stereocenters. The minimum atomic E-state index is 0.741. The minimum absolute atomic E-state index is 0.741. The third-order valence-corrected chi connectivity index (χ3v) is 2.60. The summed E-state index contributed by atoms with van der Waals surface area (Å²) < 4.78 is 0. The lowest BCUT2D eigenvalue weighted by atomic mass is 10.1. The number of rotatable bonds is 9. The quantitative estimate of drug-likeness (QED) is 0.615. The molecule has 2 nitrogen and oxygen atoms in total. The van der Waals surface area contributed by atoms with Crippen molar-refractivity contribution in [2.75, 3.05) is 26.7 Å². The van der Waals surface area contributed by atoms with E-state index in [-0.39, 0.29) is 0 Å². The van der Waals surface area contributed by atoms with Crippen LogP contribution in [0.4, 0.5) is 0 Å². The van der Waals surface area contributed by atoms with Crippen molar-refractivity contribution in [2.24, 2.45) is 0 Å². The molecule has 0 aliphatic heterocycles. The fraction of sp³-hybridized carbons (Fsp3) is 1.00. The maximum absolute atomic E-state index is 3.31. The fourth-order valence-electron chi connectivity index (χ4n) is 2.03. The van der Waals surface area contributed by atoms with Crippen molar-refractivity contribution < 1.29 is 0 Å². The first-order chi connectivity index (χ1) is 6.79. The van der Waals surface area contributed by atoms with Gasteiger partial charge in [-0.05, 0) is 39.4 Å². The van der Waals surface area contributed by atoms with Crippen LogP contribution in [0.1, 0.15) is 46.5 Å². The summed E-state index contributed by atoms with van der Waals surface area (Å²) in [4.78, 5) is 2.64. The molecular weight excluding hydrogens is 172 g/mol. The van der Waals surface area contributed by atoms with Gasteiger partial charge in [-0.25, -0.2) is 0 Å². The van der Waals surface area contributed by atoms with E-state index in [1.807, 2.05) is 0 Å². The molecule has 1 N–H and O–H groups in total. The van der Waals surface area contributed by atoms with Gasteiger partial charge < -0.3 is 5.32 Å². The Bertz CT molecular complexity index is 88.9. The van der Waals surface area contributed by atoms with Gasteiger partial charge in [0.2, 0.25) is 0 Å². The molecule has 0 rings (SSSR count). The van der Waals surface area contributed by atoms with Crippen LogP contribution in [0.15, 0.2) is 0 Å². The Morgan fingerprint density at radius 1 is 1.00 bits per heavy atom. The summed E-state index contributed by atoms with van der Waals surface area (Å²) in [7, 11) is 2.05. The van der Waals surface area contributed by atoms with Crippen LogP contribution in [0.5, 0.6) is 0 Å². The van der Waals surface area contributed by atoms with E-state index >= 15 is 0 Å². The first-order valence-corrected chi connectivity index (χ1v) is 6.18. The smallest absolute Gasteiger partial charge is 0.0220 e. The van der Waals surface area contributed by atoms with Crippen molar-refractivity contribution in [3.8, 4) is 0 Å². The highest BCUT2D eigenvalue weighted by atomic mass is 15.2. The van der Waals surface area contributed by atoms with Crippen molar-refractivity contribution in [3.63, 3.8) is 0 Å². The van der Waals surface area contributed by atoms with Crippen molar-refractivity contribution in [2.45, 2.75) is 52.5 Å². The Balaban J connectivity index is 4.06. The number of hydrogen-bond donors (Lipinski definition) is 1. The fourth-order valence-corrected chi connectivity index (χ4v) is 2.03. The Morgan fingerprint density at radius 3 is 1.93 bits per heavy atom. The number of nitrogens with one attached hydrogen (secondary N) is 1. The van der Waals surface area contributed by atoms with Crippen LogP contribution in [0.25, 0.3) is 0 Å². The van der Waals surface area contributed by atoms with Crippen molar-refractivity contribution >= 4 is 0 Å². The monoisotopic (exact) mass is 200 g/mol. The van der Waals surface area contributed by atoms with Crippen LogP contribution in [-0.4, -0.2) is 37.6 Å². The zero-order valence-corrected chi connectivity index (χ0v) is 10.5. The molecule has 0 aliphatic rings. The Hall–Kier alpha value is -0.0800. The third kappa shape index (κ3) is 5.61. The molecule has 0 heterocycles. The van der Waals surface area contributed by atoms with Gasteiger partial charge in [0.25, 0.3) is 0 Å². The lowest BCUT2D eigenvalue weighted by Gasteiger charge is -2.31. The molecule has 0 spiro atoms. The van der Waals surface area contributed by atoms with Gasteiger partial charge in [0.05, 0.1) is 0 Å². The molecule has 0 fully saturated rings. The molecule has 0 saturated heterocycles. The average Bonchev–Trinajstić information content (AvgIpc) is 2.17. The maximum atomic E-state index is 3.31. The van der Waals surface area contributed by atoms with Gasteiger partial charge in [-0.2, -0.15) is 0 Å². The Labute approximate surface area is 90.1 Å². The topological polar surface area (TPSA) is 15.3 Å². The zero-order chi connectivity index (χ0) is 10.8. The Morgan fingerprint density at radius 2 is 1.57 bits per heavy atom. The van der Waals surface area contributed by atoms with Gasteiger partial charge >= 0.3 is 0 Å². The molecule has 1 atom stereocenters. The van der Waals surface area contributed by atoms with Crippen LogP contribution < -0.4 is 5.32 Å². The maximum Gasteiger partial charge on any atom is 0.0220 e. The lowest BCUT2D eigenvalue weighted by molar-refractivity contribution is 0.183. The summed E-state index contributed by atoms with van der Waals surface area (Å²) in [6, 6.07) is 0.741. The number of likely N-dealkylation sites (N-methyl/N-ethyl adjacent to an activating group) is 1. The predicted molar refractivity (Wildman–Crippen MR) is 64.8 cm³/mol. The van der Waals surface area contributed by atoms with Gasteiger partial charge in [0, 0.05) is 12.6 Å². The standard InChI is InChI=1S/C12H28N2/c1-5-8-12(11-13-4)14(9-6-2)10-7-3/h12-13H,5-11H2,1-4H3. The van der Waals surface area contributed by atoms with Gasteiger partial charge in [0.15, 0.2) is 0 Å². The largest absolute Gasteiger partial charge is 0.318 e. The molecule has 0 aromatic carbocycles. The first kappa shape index (κ1) is 13.9. The number of hydrogen-bond acceptors (Lipinski definition) is 2. The Kier molecular flexibility index (Phi) is 9.42. The SMILES string of the molecule is CCCC(CNC)N(CCC)CCC. The van der Waals surface area contributed by atoms with Gasteiger partial charge in [0.1, 0.15) is 0 Å². The van der Waals surface area contributed by atoms with Crippen LogP contribution >= 0.6 is 0 Å². The molecule has 0 amide bonds. The molecule has 0 bridgehead atoms. The highest BCUT2D eigenvalue weighted by Gasteiger charge is 2.14. The van der Waals surface area contributed by atoms with Gasteiger partial charge in [-0.3, -0.25) is 4.90 Å². The summed E-state index contributed by atoms with van der Waals surface area (Å²) in [5.74, 6) is 0. The summed E-state index contributed by atoms with van der Waals surface area (Å²) in [6.07, 6.45) is 5.14. The van der Waals surface area contributed by atoms with E-state index in [1.54, 1.807) is 0 Å². The van der Waals surface area contributed by atoms with Crippen molar-refractivity contribution in [3.05, 3.63) is 0 Å². The summed E-state index contributed by atoms with van der Waals surface area (Å²) in [5.41, 5.74) is 0. The molecule has 2 heteroatoms. The molecule has 0 aromatic heterocycles. The molecule has 86 valence electrons. The van der Waals surface area contributed by atoms with E-state index in [9.17, 15) is 0 Å². The van der Waals surface area contributed by atoms with Gasteiger partial charge in [-0.15, -0.1) is 0 Å². The summed E-state index contributed by atoms with van der Waals surface area (Å²) >= 11 is 0. The van der Waals surface area contributed by atoms with E-state index in [0.29, 0.717) is 0 Å². The van der Waals surface area contributed by atoms with Crippen LogP contribution in [0.2, 0.25) is 0 Å². The molecular formula is C12H28N2. The summed E-state index contributed by atoms with van der Waals surface area (Å²) in [6.45, 7) is 10.4. The molecule has 0 radical (unpaired) electrons. The number of nitrogens with zero attached hydrogens (tertiary/aromatic N) is 1. The molecule has 0 aliphatic carbocycles. The summed E-state index contributed by atoms with van der Waals surface area (Å²) in [5, 5.41) is 3.31. The van der Waals surface area contributed by atoms with Crippen LogP contribution in [-0.2, 0) is 0 Å². The van der Waals surface area contributed by atoms with E-state index in [4.69, 9.17) is 0 Å². The van der Waals surface area contributed by atoms with E-state index in [1.165, 1.54) is 38.8 Å². The highest BCUT2D eigenvalue weighted by molar-refractivity contribution is 4.72. The lowest BCUT2D eigenvalue weighted by Crippen LogP contribution is -2.42. The van der Waals surface area contributed by atoms with Crippen LogP contribution in [0.3, 0.4) is 0 Å².